The van der Waals surface area contributed by atoms with Crippen LogP contribution in [0.1, 0.15) is 6.42 Å². The number of pyridine rings is 1. The van der Waals surface area contributed by atoms with Crippen LogP contribution in [-0.2, 0) is 6.54 Å². The Kier molecular flexibility index (Phi) is 4.71. The molecule has 0 saturated heterocycles. The number of hydrogen-bond acceptors (Lipinski definition) is 5. The van der Waals surface area contributed by atoms with Crippen molar-refractivity contribution in [1.82, 2.24) is 35.2 Å². The number of rotatable bonds is 4. The standard InChI is InChI=1S/C17H13ClF3N7/c18-15-11(2-1-3-12(15)17(19,20)21)7-28-8-14(23-9-28)13-6-10(4-5-22-13)16-24-26-27-25-16/h1-2,4-6,8-9,12H,3,7H2,(H,24,25,26,27). The lowest BCUT2D eigenvalue weighted by Gasteiger charge is -2.23. The molecule has 0 radical (unpaired) electrons. The lowest BCUT2D eigenvalue weighted by atomic mass is 9.95. The minimum absolute atomic E-state index is 0.145. The van der Waals surface area contributed by atoms with Crippen LogP contribution < -0.4 is 0 Å². The molecule has 3 aromatic heterocycles. The molecule has 0 aromatic carbocycles. The van der Waals surface area contributed by atoms with Crippen LogP contribution in [-0.4, -0.2) is 41.3 Å². The molecule has 1 N–H and O–H groups in total. The van der Waals surface area contributed by atoms with Crippen molar-refractivity contribution in [3.05, 3.63) is 53.6 Å². The number of alkyl halides is 3. The zero-order chi connectivity index (χ0) is 19.7. The van der Waals surface area contributed by atoms with E-state index in [0.29, 0.717) is 28.3 Å². The lowest BCUT2D eigenvalue weighted by Crippen LogP contribution is -2.25. The Morgan fingerprint density at radius 3 is 2.86 bits per heavy atom. The highest BCUT2D eigenvalue weighted by Gasteiger charge is 2.42. The van der Waals surface area contributed by atoms with E-state index in [0.717, 1.165) is 0 Å². The van der Waals surface area contributed by atoms with Gasteiger partial charge < -0.3 is 4.57 Å². The Hall–Kier alpha value is -3.01. The average molecular weight is 408 g/mol. The number of nitrogens with zero attached hydrogens (tertiary/aromatic N) is 6. The van der Waals surface area contributed by atoms with Gasteiger partial charge in [0.2, 0.25) is 5.82 Å². The number of hydrogen-bond donors (Lipinski definition) is 1. The number of halogens is 4. The number of imidazole rings is 1. The first kappa shape index (κ1) is 18.4. The Morgan fingerprint density at radius 1 is 1.25 bits per heavy atom. The predicted molar refractivity (Wildman–Crippen MR) is 94.8 cm³/mol. The Morgan fingerprint density at radius 2 is 2.11 bits per heavy atom. The van der Waals surface area contributed by atoms with Crippen LogP contribution >= 0.6 is 11.6 Å². The summed E-state index contributed by atoms with van der Waals surface area (Å²) >= 11 is 6.02. The summed E-state index contributed by atoms with van der Waals surface area (Å²) in [7, 11) is 0. The van der Waals surface area contributed by atoms with Crippen LogP contribution in [0.2, 0.25) is 0 Å². The van der Waals surface area contributed by atoms with Crippen LogP contribution in [0.3, 0.4) is 0 Å². The second-order valence-electron chi connectivity index (χ2n) is 6.20. The smallest absolute Gasteiger partial charge is 0.332 e. The fourth-order valence-corrected chi connectivity index (χ4v) is 3.26. The maximum Gasteiger partial charge on any atom is 0.396 e. The van der Waals surface area contributed by atoms with Gasteiger partial charge in [0.1, 0.15) is 5.69 Å². The van der Waals surface area contributed by atoms with Crippen molar-refractivity contribution < 1.29 is 13.2 Å². The van der Waals surface area contributed by atoms with Crippen molar-refractivity contribution in [2.75, 3.05) is 0 Å². The highest BCUT2D eigenvalue weighted by Crippen LogP contribution is 2.40. The number of aromatic nitrogens is 7. The number of H-pyrrole nitrogens is 1. The molecule has 0 bridgehead atoms. The molecule has 3 aromatic rings. The summed E-state index contributed by atoms with van der Waals surface area (Å²) in [5.41, 5.74) is 2.26. The van der Waals surface area contributed by atoms with Gasteiger partial charge in [0.15, 0.2) is 0 Å². The van der Waals surface area contributed by atoms with Gasteiger partial charge in [-0.3, -0.25) is 4.98 Å². The minimum Gasteiger partial charge on any atom is -0.332 e. The van der Waals surface area contributed by atoms with Gasteiger partial charge in [-0.05, 0) is 29.3 Å². The molecular formula is C17H13ClF3N7. The fourth-order valence-electron chi connectivity index (χ4n) is 2.93. The van der Waals surface area contributed by atoms with Gasteiger partial charge in [-0.2, -0.15) is 18.4 Å². The molecule has 0 spiro atoms. The van der Waals surface area contributed by atoms with Gasteiger partial charge in [-0.25, -0.2) is 4.98 Å². The normalized spacial score (nSPS) is 17.4. The maximum atomic E-state index is 13.1. The minimum atomic E-state index is -4.37. The van der Waals surface area contributed by atoms with Crippen LogP contribution in [0, 0.1) is 5.92 Å². The Labute approximate surface area is 162 Å². The van der Waals surface area contributed by atoms with E-state index >= 15 is 0 Å². The van der Waals surface area contributed by atoms with Crippen LogP contribution in [0.5, 0.6) is 0 Å². The second-order valence-corrected chi connectivity index (χ2v) is 6.61. The molecule has 144 valence electrons. The second kappa shape index (κ2) is 7.19. The monoisotopic (exact) mass is 407 g/mol. The first-order valence-corrected chi connectivity index (χ1v) is 8.63. The predicted octanol–water partition coefficient (Wildman–Crippen LogP) is 3.76. The molecule has 0 aliphatic heterocycles. The molecule has 4 rings (SSSR count). The van der Waals surface area contributed by atoms with Gasteiger partial charge in [0, 0.05) is 29.5 Å². The molecule has 1 unspecified atom stereocenters. The molecule has 0 fully saturated rings. The molecule has 0 saturated carbocycles. The lowest BCUT2D eigenvalue weighted by molar-refractivity contribution is -0.161. The van der Waals surface area contributed by atoms with E-state index in [1.165, 1.54) is 12.4 Å². The van der Waals surface area contributed by atoms with Crippen molar-refractivity contribution in [2.45, 2.75) is 19.1 Å². The molecule has 1 atom stereocenters. The van der Waals surface area contributed by atoms with Crippen molar-refractivity contribution in [3.8, 4) is 22.8 Å². The van der Waals surface area contributed by atoms with Crippen LogP contribution in [0.4, 0.5) is 13.2 Å². The number of nitrogens with one attached hydrogen (secondary N) is 1. The van der Waals surface area contributed by atoms with Gasteiger partial charge >= 0.3 is 6.18 Å². The number of allylic oxidation sites excluding steroid dienone is 4. The fraction of sp³-hybridized carbons (Fsp3) is 0.235. The summed E-state index contributed by atoms with van der Waals surface area (Å²) in [6.45, 7) is 0.180. The summed E-state index contributed by atoms with van der Waals surface area (Å²) in [6.07, 6.45) is 3.43. The highest BCUT2D eigenvalue weighted by molar-refractivity contribution is 6.30. The molecule has 3 heterocycles. The molecule has 7 nitrogen and oxygen atoms in total. The van der Waals surface area contributed by atoms with Gasteiger partial charge in [-0.15, -0.1) is 10.2 Å². The van der Waals surface area contributed by atoms with Crippen molar-refractivity contribution in [3.63, 3.8) is 0 Å². The van der Waals surface area contributed by atoms with Gasteiger partial charge in [0.25, 0.3) is 0 Å². The van der Waals surface area contributed by atoms with E-state index in [9.17, 15) is 13.2 Å². The van der Waals surface area contributed by atoms with E-state index in [-0.39, 0.29) is 18.0 Å². The molecule has 1 aliphatic carbocycles. The van der Waals surface area contributed by atoms with E-state index in [1.54, 1.807) is 35.2 Å². The molecular weight excluding hydrogens is 395 g/mol. The summed E-state index contributed by atoms with van der Waals surface area (Å²) in [4.78, 5) is 8.57. The first-order chi connectivity index (χ1) is 13.4. The van der Waals surface area contributed by atoms with E-state index in [4.69, 9.17) is 11.6 Å². The maximum absolute atomic E-state index is 13.1. The topological polar surface area (TPSA) is 85.2 Å². The van der Waals surface area contributed by atoms with Gasteiger partial charge in [0.05, 0.1) is 17.9 Å². The summed E-state index contributed by atoms with van der Waals surface area (Å²) in [6, 6.07) is 3.49. The van der Waals surface area contributed by atoms with Crippen LogP contribution in [0.25, 0.3) is 22.8 Å². The number of tetrazole rings is 1. The number of aromatic amines is 1. The third kappa shape index (κ3) is 3.68. The largest absolute Gasteiger partial charge is 0.396 e. The van der Waals surface area contributed by atoms with Crippen LogP contribution in [0.15, 0.2) is 53.6 Å². The zero-order valence-electron chi connectivity index (χ0n) is 14.2. The van der Waals surface area contributed by atoms with Crippen molar-refractivity contribution >= 4 is 11.6 Å². The van der Waals surface area contributed by atoms with Crippen molar-refractivity contribution in [2.24, 2.45) is 5.92 Å². The van der Waals surface area contributed by atoms with E-state index < -0.39 is 12.1 Å². The highest BCUT2D eigenvalue weighted by atomic mass is 35.5. The molecule has 1 aliphatic rings. The third-order valence-electron chi connectivity index (χ3n) is 4.31. The summed E-state index contributed by atoms with van der Waals surface area (Å²) in [5.74, 6) is -1.24. The molecule has 28 heavy (non-hydrogen) atoms. The van der Waals surface area contributed by atoms with E-state index in [1.807, 2.05) is 0 Å². The molecule has 11 heteroatoms. The molecule has 0 amide bonds. The average Bonchev–Trinajstić information content (AvgIpc) is 3.35. The van der Waals surface area contributed by atoms with Crippen molar-refractivity contribution in [1.29, 1.82) is 0 Å². The third-order valence-corrected chi connectivity index (χ3v) is 4.82. The quantitative estimate of drug-likeness (QED) is 0.711. The van der Waals surface area contributed by atoms with E-state index in [2.05, 4.69) is 30.6 Å². The van der Waals surface area contributed by atoms with Gasteiger partial charge in [-0.1, -0.05) is 23.8 Å². The SMILES string of the molecule is FC(F)(F)C1CC=CC(Cn2cnc(-c3cc(-c4nn[nH]n4)ccn3)c2)=C1Cl. The first-order valence-electron chi connectivity index (χ1n) is 8.25. The summed E-state index contributed by atoms with van der Waals surface area (Å²) in [5, 5.41) is 13.6. The summed E-state index contributed by atoms with van der Waals surface area (Å²) < 4.78 is 40.9. The Balaban J connectivity index is 1.57. The Bertz CT molecular complexity index is 1040. The zero-order valence-corrected chi connectivity index (χ0v) is 15.0.